The van der Waals surface area contributed by atoms with Crippen molar-refractivity contribution in [1.82, 2.24) is 10.2 Å². The Morgan fingerprint density at radius 3 is 2.67 bits per heavy atom. The Morgan fingerprint density at radius 1 is 1.15 bits per heavy atom. The lowest BCUT2D eigenvalue weighted by Crippen LogP contribution is -2.30. The highest BCUT2D eigenvalue weighted by Gasteiger charge is 2.19. The average molecular weight is 370 g/mol. The van der Waals surface area contributed by atoms with Crippen molar-refractivity contribution in [3.05, 3.63) is 65.5 Å². The summed E-state index contributed by atoms with van der Waals surface area (Å²) in [5, 5.41) is 2.88. The first-order valence-corrected chi connectivity index (χ1v) is 9.16. The van der Waals surface area contributed by atoms with E-state index in [0.717, 1.165) is 24.9 Å². The summed E-state index contributed by atoms with van der Waals surface area (Å²) in [4.78, 5) is 25.9. The second kappa shape index (κ2) is 9.16. The summed E-state index contributed by atoms with van der Waals surface area (Å²) >= 11 is 0. The smallest absolute Gasteiger partial charge is 0.255 e. The molecule has 0 aliphatic carbocycles. The molecule has 0 bridgehead atoms. The lowest BCUT2D eigenvalue weighted by molar-refractivity contribution is -0.127. The van der Waals surface area contributed by atoms with E-state index in [-0.39, 0.29) is 24.2 Å². The molecular weight excluding hydrogens is 347 g/mol. The first kappa shape index (κ1) is 18.9. The number of halogens is 1. The van der Waals surface area contributed by atoms with Crippen LogP contribution in [0.4, 0.5) is 4.39 Å². The molecule has 1 fully saturated rings. The Bertz CT molecular complexity index is 792. The zero-order valence-electron chi connectivity index (χ0n) is 15.1. The third kappa shape index (κ3) is 5.29. The van der Waals surface area contributed by atoms with Crippen molar-refractivity contribution in [3.8, 4) is 5.75 Å². The number of hydrogen-bond donors (Lipinski definition) is 1. The second-order valence-electron chi connectivity index (χ2n) is 6.51. The second-order valence-corrected chi connectivity index (χ2v) is 6.51. The number of rotatable bonds is 8. The number of benzene rings is 2. The van der Waals surface area contributed by atoms with Crippen LogP contribution in [0.2, 0.25) is 0 Å². The Balaban J connectivity index is 1.50. The van der Waals surface area contributed by atoms with Crippen LogP contribution in [-0.4, -0.2) is 36.3 Å². The van der Waals surface area contributed by atoms with E-state index in [2.05, 4.69) is 5.32 Å². The van der Waals surface area contributed by atoms with Gasteiger partial charge in [-0.1, -0.05) is 24.3 Å². The number of carbonyl (C=O) groups excluding carboxylic acids is 2. The number of carbonyl (C=O) groups is 2. The lowest BCUT2D eigenvalue weighted by Gasteiger charge is -2.16. The highest BCUT2D eigenvalue weighted by Crippen LogP contribution is 2.19. The third-order valence-corrected chi connectivity index (χ3v) is 4.50. The quantitative estimate of drug-likeness (QED) is 0.726. The number of nitrogens with one attached hydrogen (secondary N) is 1. The number of ether oxygens (including phenoxy) is 1. The lowest BCUT2D eigenvalue weighted by atomic mass is 10.2. The van der Waals surface area contributed by atoms with E-state index in [0.29, 0.717) is 30.8 Å². The van der Waals surface area contributed by atoms with Crippen molar-refractivity contribution in [2.75, 3.05) is 19.6 Å². The van der Waals surface area contributed by atoms with Crippen molar-refractivity contribution in [2.24, 2.45) is 0 Å². The van der Waals surface area contributed by atoms with Gasteiger partial charge >= 0.3 is 0 Å². The van der Waals surface area contributed by atoms with Crippen molar-refractivity contribution in [3.63, 3.8) is 0 Å². The maximum atomic E-state index is 13.0. The molecule has 5 nitrogen and oxygen atoms in total. The van der Waals surface area contributed by atoms with Gasteiger partial charge in [-0.15, -0.1) is 0 Å². The molecule has 2 amide bonds. The minimum absolute atomic E-state index is 0.195. The number of hydrogen-bond acceptors (Lipinski definition) is 3. The molecule has 0 radical (unpaired) electrons. The minimum Gasteiger partial charge on any atom is -0.488 e. The monoisotopic (exact) mass is 370 g/mol. The van der Waals surface area contributed by atoms with Crippen LogP contribution in [0.25, 0.3) is 0 Å². The first-order valence-electron chi connectivity index (χ1n) is 9.16. The van der Waals surface area contributed by atoms with E-state index in [1.54, 1.807) is 36.4 Å². The maximum Gasteiger partial charge on any atom is 0.255 e. The van der Waals surface area contributed by atoms with Gasteiger partial charge in [0.1, 0.15) is 18.2 Å². The van der Waals surface area contributed by atoms with Crippen LogP contribution in [0.3, 0.4) is 0 Å². The predicted octanol–water partition coefficient (Wildman–Crippen LogP) is 3.15. The fourth-order valence-corrected chi connectivity index (χ4v) is 3.03. The Kier molecular flexibility index (Phi) is 6.41. The van der Waals surface area contributed by atoms with Gasteiger partial charge in [-0.05, 0) is 42.7 Å². The summed E-state index contributed by atoms with van der Waals surface area (Å²) in [6, 6.07) is 13.1. The fourth-order valence-electron chi connectivity index (χ4n) is 3.03. The largest absolute Gasteiger partial charge is 0.488 e. The Hall–Kier alpha value is -2.89. The van der Waals surface area contributed by atoms with Crippen LogP contribution in [0.5, 0.6) is 5.75 Å². The number of likely N-dealkylation sites (tertiary alicyclic amines) is 1. The van der Waals surface area contributed by atoms with Crippen molar-refractivity contribution < 1.29 is 18.7 Å². The van der Waals surface area contributed by atoms with Gasteiger partial charge < -0.3 is 15.0 Å². The molecule has 1 aliphatic heterocycles. The summed E-state index contributed by atoms with van der Waals surface area (Å²) in [6.45, 7) is 2.23. The number of nitrogens with zero attached hydrogens (tertiary/aromatic N) is 1. The topological polar surface area (TPSA) is 58.6 Å². The molecule has 27 heavy (non-hydrogen) atoms. The van der Waals surface area contributed by atoms with Crippen molar-refractivity contribution in [1.29, 1.82) is 0 Å². The van der Waals surface area contributed by atoms with Crippen LogP contribution >= 0.6 is 0 Å². The molecule has 142 valence electrons. The van der Waals surface area contributed by atoms with Crippen LogP contribution in [-0.2, 0) is 11.4 Å². The molecule has 2 aromatic carbocycles. The summed E-state index contributed by atoms with van der Waals surface area (Å²) in [6.07, 6.45) is 2.27. The van der Waals surface area contributed by atoms with Gasteiger partial charge in [0.2, 0.25) is 5.91 Å². The van der Waals surface area contributed by atoms with Gasteiger partial charge in [0, 0.05) is 26.1 Å². The van der Waals surface area contributed by atoms with Crippen LogP contribution in [0.15, 0.2) is 48.5 Å². The predicted molar refractivity (Wildman–Crippen MR) is 99.9 cm³/mol. The molecule has 1 aliphatic rings. The molecule has 0 aromatic heterocycles. The molecule has 0 spiro atoms. The van der Waals surface area contributed by atoms with E-state index in [1.807, 2.05) is 4.90 Å². The highest BCUT2D eigenvalue weighted by atomic mass is 19.1. The van der Waals surface area contributed by atoms with Crippen LogP contribution < -0.4 is 10.1 Å². The van der Waals surface area contributed by atoms with Gasteiger partial charge in [0.15, 0.2) is 0 Å². The van der Waals surface area contributed by atoms with Crippen molar-refractivity contribution >= 4 is 11.8 Å². The molecule has 3 rings (SSSR count). The van der Waals surface area contributed by atoms with Gasteiger partial charge in [-0.2, -0.15) is 0 Å². The standard InChI is InChI=1S/C21H23FN2O3/c22-17-10-8-16(9-11-17)15-27-19-6-2-1-5-18(19)21(26)23-12-4-14-24-13-3-7-20(24)25/h1-2,5-6,8-11H,3-4,7,12-15H2,(H,23,26). The molecule has 0 saturated carbocycles. The number of amides is 2. The molecular formula is C21H23FN2O3. The summed E-state index contributed by atoms with van der Waals surface area (Å²) in [5.74, 6) is 0.168. The maximum absolute atomic E-state index is 13.0. The first-order chi connectivity index (χ1) is 13.1. The van der Waals surface area contributed by atoms with E-state index in [4.69, 9.17) is 4.74 Å². The zero-order chi connectivity index (χ0) is 19.1. The molecule has 1 heterocycles. The van der Waals surface area contributed by atoms with E-state index < -0.39 is 0 Å². The summed E-state index contributed by atoms with van der Waals surface area (Å²) < 4.78 is 18.7. The molecule has 1 N–H and O–H groups in total. The van der Waals surface area contributed by atoms with Gasteiger partial charge in [-0.3, -0.25) is 9.59 Å². The van der Waals surface area contributed by atoms with Gasteiger partial charge in [-0.25, -0.2) is 4.39 Å². The molecule has 6 heteroatoms. The molecule has 0 unspecified atom stereocenters. The van der Waals surface area contributed by atoms with E-state index >= 15 is 0 Å². The van der Waals surface area contributed by atoms with E-state index in [9.17, 15) is 14.0 Å². The number of para-hydroxylation sites is 1. The third-order valence-electron chi connectivity index (χ3n) is 4.50. The van der Waals surface area contributed by atoms with Gasteiger partial charge in [0.25, 0.3) is 5.91 Å². The SMILES string of the molecule is O=C(NCCCN1CCCC1=O)c1ccccc1OCc1ccc(F)cc1. The highest BCUT2D eigenvalue weighted by molar-refractivity contribution is 5.96. The average Bonchev–Trinajstić information content (AvgIpc) is 3.09. The molecule has 1 saturated heterocycles. The minimum atomic E-state index is -0.297. The van der Waals surface area contributed by atoms with Crippen LogP contribution in [0.1, 0.15) is 35.2 Å². The molecule has 2 aromatic rings. The van der Waals surface area contributed by atoms with E-state index in [1.165, 1.54) is 12.1 Å². The normalized spacial score (nSPS) is 13.7. The van der Waals surface area contributed by atoms with Gasteiger partial charge in [0.05, 0.1) is 5.56 Å². The fraction of sp³-hybridized carbons (Fsp3) is 0.333. The summed E-state index contributed by atoms with van der Waals surface area (Å²) in [5.41, 5.74) is 1.28. The Morgan fingerprint density at radius 2 is 1.93 bits per heavy atom. The summed E-state index contributed by atoms with van der Waals surface area (Å²) in [7, 11) is 0. The Labute approximate surface area is 158 Å². The van der Waals surface area contributed by atoms with Crippen LogP contribution in [0, 0.1) is 5.82 Å². The zero-order valence-corrected chi connectivity index (χ0v) is 15.1. The molecule has 0 atom stereocenters. The van der Waals surface area contributed by atoms with Crippen molar-refractivity contribution in [2.45, 2.75) is 25.9 Å².